The standard InChI is InChI=1S/C13H15N3O2/c17-7-13(4-1-5-13)12(18)16-9-2-3-10-11(6-9)15-8-14-10/h2-3,6,8,17H,1,4-5,7H2,(H,14,15)(H,16,18). The maximum atomic E-state index is 12.1. The second kappa shape index (κ2) is 4.10. The second-order valence-corrected chi connectivity index (χ2v) is 4.88. The Morgan fingerprint density at radius 3 is 3.00 bits per heavy atom. The minimum absolute atomic E-state index is 0.0782. The lowest BCUT2D eigenvalue weighted by molar-refractivity contribution is -0.133. The van der Waals surface area contributed by atoms with E-state index in [4.69, 9.17) is 0 Å². The number of fused-ring (bicyclic) bond motifs is 1. The fraction of sp³-hybridized carbons (Fsp3) is 0.385. The van der Waals surface area contributed by atoms with E-state index in [0.717, 1.165) is 36.0 Å². The summed E-state index contributed by atoms with van der Waals surface area (Å²) in [6.07, 6.45) is 4.16. The normalized spacial score (nSPS) is 17.4. The molecule has 0 spiro atoms. The van der Waals surface area contributed by atoms with Gasteiger partial charge in [0, 0.05) is 5.69 Å². The topological polar surface area (TPSA) is 78.0 Å². The predicted octanol–water partition coefficient (Wildman–Crippen LogP) is 1.66. The van der Waals surface area contributed by atoms with Crippen LogP contribution in [-0.2, 0) is 4.79 Å². The van der Waals surface area contributed by atoms with Gasteiger partial charge in [0.1, 0.15) is 0 Å². The first-order valence-corrected chi connectivity index (χ1v) is 6.09. The minimum atomic E-state index is -0.567. The van der Waals surface area contributed by atoms with Crippen LogP contribution in [0.15, 0.2) is 24.5 Å². The molecule has 3 rings (SSSR count). The number of H-pyrrole nitrogens is 1. The first-order valence-electron chi connectivity index (χ1n) is 6.09. The highest BCUT2D eigenvalue weighted by molar-refractivity contribution is 5.97. The number of aromatic nitrogens is 2. The quantitative estimate of drug-likeness (QED) is 0.769. The number of hydrogen-bond acceptors (Lipinski definition) is 3. The molecule has 5 nitrogen and oxygen atoms in total. The van der Waals surface area contributed by atoms with Crippen LogP contribution in [0.2, 0.25) is 0 Å². The van der Waals surface area contributed by atoms with Crippen molar-refractivity contribution in [2.24, 2.45) is 5.41 Å². The number of nitrogens with zero attached hydrogens (tertiary/aromatic N) is 1. The summed E-state index contributed by atoms with van der Waals surface area (Å²) in [4.78, 5) is 19.3. The predicted molar refractivity (Wildman–Crippen MR) is 68.1 cm³/mol. The van der Waals surface area contributed by atoms with Crippen molar-refractivity contribution in [3.63, 3.8) is 0 Å². The van der Waals surface area contributed by atoms with Crippen molar-refractivity contribution < 1.29 is 9.90 Å². The molecular weight excluding hydrogens is 230 g/mol. The lowest BCUT2D eigenvalue weighted by Crippen LogP contribution is -2.44. The third-order valence-electron chi connectivity index (χ3n) is 3.77. The van der Waals surface area contributed by atoms with Crippen molar-refractivity contribution in [3.05, 3.63) is 24.5 Å². The highest BCUT2D eigenvalue weighted by atomic mass is 16.3. The molecule has 0 unspecified atom stereocenters. The summed E-state index contributed by atoms with van der Waals surface area (Å²) in [5.74, 6) is -0.0879. The molecule has 0 saturated heterocycles. The molecule has 1 aromatic carbocycles. The van der Waals surface area contributed by atoms with Gasteiger partial charge in [-0.25, -0.2) is 4.98 Å². The van der Waals surface area contributed by atoms with Gasteiger partial charge >= 0.3 is 0 Å². The van der Waals surface area contributed by atoms with Gasteiger partial charge in [0.2, 0.25) is 5.91 Å². The number of aliphatic hydroxyl groups is 1. The second-order valence-electron chi connectivity index (χ2n) is 4.88. The Bertz CT molecular complexity index is 581. The molecule has 0 aliphatic heterocycles. The van der Waals surface area contributed by atoms with Gasteiger partial charge in [-0.05, 0) is 31.0 Å². The van der Waals surface area contributed by atoms with Crippen LogP contribution in [0.3, 0.4) is 0 Å². The Labute approximate surface area is 104 Å². The number of aromatic amines is 1. The molecule has 1 amide bonds. The third-order valence-corrected chi connectivity index (χ3v) is 3.77. The minimum Gasteiger partial charge on any atom is -0.395 e. The van der Waals surface area contributed by atoms with Crippen molar-refractivity contribution in [2.75, 3.05) is 11.9 Å². The van der Waals surface area contributed by atoms with Crippen LogP contribution in [-0.4, -0.2) is 27.6 Å². The summed E-state index contributed by atoms with van der Waals surface area (Å²) >= 11 is 0. The van der Waals surface area contributed by atoms with Gasteiger partial charge in [-0.1, -0.05) is 6.42 Å². The maximum Gasteiger partial charge on any atom is 0.232 e. The van der Waals surface area contributed by atoms with E-state index in [1.165, 1.54) is 0 Å². The van der Waals surface area contributed by atoms with Gasteiger partial charge in [-0.3, -0.25) is 4.79 Å². The largest absolute Gasteiger partial charge is 0.395 e. The lowest BCUT2D eigenvalue weighted by atomic mass is 9.68. The van der Waals surface area contributed by atoms with E-state index in [0.29, 0.717) is 0 Å². The van der Waals surface area contributed by atoms with Crippen LogP contribution in [0.25, 0.3) is 11.0 Å². The smallest absolute Gasteiger partial charge is 0.232 e. The molecule has 0 bridgehead atoms. The van der Waals surface area contributed by atoms with E-state index in [1.807, 2.05) is 18.2 Å². The van der Waals surface area contributed by atoms with Crippen molar-refractivity contribution >= 4 is 22.6 Å². The average molecular weight is 245 g/mol. The summed E-state index contributed by atoms with van der Waals surface area (Å²) in [7, 11) is 0. The molecule has 18 heavy (non-hydrogen) atoms. The molecular formula is C13H15N3O2. The molecule has 0 atom stereocenters. The lowest BCUT2D eigenvalue weighted by Gasteiger charge is -2.38. The Hall–Kier alpha value is -1.88. The molecule has 94 valence electrons. The Morgan fingerprint density at radius 2 is 2.33 bits per heavy atom. The van der Waals surface area contributed by atoms with Gasteiger partial charge in [0.15, 0.2) is 0 Å². The zero-order valence-corrected chi connectivity index (χ0v) is 9.94. The number of benzene rings is 1. The van der Waals surface area contributed by atoms with Crippen LogP contribution in [0, 0.1) is 5.41 Å². The Kier molecular flexibility index (Phi) is 2.56. The zero-order valence-electron chi connectivity index (χ0n) is 9.94. The summed E-state index contributed by atoms with van der Waals surface area (Å²) in [5.41, 5.74) is 1.92. The van der Waals surface area contributed by atoms with Gasteiger partial charge in [-0.15, -0.1) is 0 Å². The number of carbonyl (C=O) groups is 1. The third kappa shape index (κ3) is 1.67. The first-order chi connectivity index (χ1) is 8.73. The molecule has 1 saturated carbocycles. The summed E-state index contributed by atoms with van der Waals surface area (Å²) < 4.78 is 0. The van der Waals surface area contributed by atoms with Crippen LogP contribution < -0.4 is 5.32 Å². The first kappa shape index (κ1) is 11.2. The highest BCUT2D eigenvalue weighted by Crippen LogP contribution is 2.41. The fourth-order valence-electron chi connectivity index (χ4n) is 2.34. The maximum absolute atomic E-state index is 12.1. The number of nitrogens with one attached hydrogen (secondary N) is 2. The summed E-state index contributed by atoms with van der Waals surface area (Å²) in [6.45, 7) is -0.0782. The molecule has 1 fully saturated rings. The molecule has 1 aliphatic rings. The van der Waals surface area contributed by atoms with E-state index < -0.39 is 5.41 Å². The van der Waals surface area contributed by atoms with Crippen LogP contribution in [0.4, 0.5) is 5.69 Å². The fourth-order valence-corrected chi connectivity index (χ4v) is 2.34. The highest BCUT2D eigenvalue weighted by Gasteiger charge is 2.43. The molecule has 1 aromatic heterocycles. The van der Waals surface area contributed by atoms with Gasteiger partial charge in [0.25, 0.3) is 0 Å². The number of anilines is 1. The molecule has 2 aromatic rings. The van der Waals surface area contributed by atoms with E-state index in [1.54, 1.807) is 6.33 Å². The van der Waals surface area contributed by atoms with Crippen LogP contribution in [0.5, 0.6) is 0 Å². The van der Waals surface area contributed by atoms with E-state index >= 15 is 0 Å². The number of amides is 1. The molecule has 3 N–H and O–H groups in total. The Morgan fingerprint density at radius 1 is 1.50 bits per heavy atom. The SMILES string of the molecule is O=C(Nc1ccc2nc[nH]c2c1)C1(CO)CCC1. The summed E-state index contributed by atoms with van der Waals surface area (Å²) in [6, 6.07) is 5.53. The number of hydrogen-bond donors (Lipinski definition) is 3. The number of carbonyl (C=O) groups excluding carboxylic acids is 1. The van der Waals surface area contributed by atoms with Crippen molar-refractivity contribution in [2.45, 2.75) is 19.3 Å². The van der Waals surface area contributed by atoms with Crippen LogP contribution in [0.1, 0.15) is 19.3 Å². The van der Waals surface area contributed by atoms with Gasteiger partial charge in [-0.2, -0.15) is 0 Å². The number of rotatable bonds is 3. The van der Waals surface area contributed by atoms with Crippen molar-refractivity contribution in [1.82, 2.24) is 9.97 Å². The number of aliphatic hydroxyl groups excluding tert-OH is 1. The molecule has 0 radical (unpaired) electrons. The van der Waals surface area contributed by atoms with E-state index in [9.17, 15) is 9.90 Å². The monoisotopic (exact) mass is 245 g/mol. The van der Waals surface area contributed by atoms with Gasteiger partial charge in [0.05, 0.1) is 29.4 Å². The molecule has 1 heterocycles. The number of imidazole rings is 1. The van der Waals surface area contributed by atoms with Crippen LogP contribution >= 0.6 is 0 Å². The molecule has 1 aliphatic carbocycles. The molecule has 5 heteroatoms. The summed E-state index contributed by atoms with van der Waals surface area (Å²) in [5, 5.41) is 12.2. The van der Waals surface area contributed by atoms with E-state index in [2.05, 4.69) is 15.3 Å². The zero-order chi connectivity index (χ0) is 12.6. The van der Waals surface area contributed by atoms with E-state index in [-0.39, 0.29) is 12.5 Å². The van der Waals surface area contributed by atoms with Gasteiger partial charge < -0.3 is 15.4 Å². The average Bonchev–Trinajstić information content (AvgIpc) is 2.75. The van der Waals surface area contributed by atoms with Crippen molar-refractivity contribution in [3.8, 4) is 0 Å². The van der Waals surface area contributed by atoms with Crippen molar-refractivity contribution in [1.29, 1.82) is 0 Å². The Balaban J connectivity index is 1.81.